The van der Waals surface area contributed by atoms with E-state index in [1.165, 1.54) is 5.56 Å². The molecule has 0 fully saturated rings. The number of anilines is 1. The van der Waals surface area contributed by atoms with Gasteiger partial charge in [0.15, 0.2) is 0 Å². The maximum atomic E-state index is 4.33. The molecule has 0 amide bonds. The molecular formula is C17H15N3. The van der Waals surface area contributed by atoms with Gasteiger partial charge in [-0.25, -0.2) is 0 Å². The molecule has 0 saturated carbocycles. The smallest absolute Gasteiger partial charge is 0.0723 e. The van der Waals surface area contributed by atoms with Crippen LogP contribution in [0.25, 0.3) is 10.9 Å². The third kappa shape index (κ3) is 2.67. The summed E-state index contributed by atoms with van der Waals surface area (Å²) in [4.78, 5) is 4.33. The van der Waals surface area contributed by atoms with Crippen molar-refractivity contribution in [3.63, 3.8) is 0 Å². The van der Waals surface area contributed by atoms with Gasteiger partial charge in [-0.15, -0.1) is 0 Å². The molecule has 1 heterocycles. The van der Waals surface area contributed by atoms with Crippen LogP contribution in [0, 0.1) is 6.92 Å². The molecule has 0 bridgehead atoms. The molecule has 3 nitrogen and oxygen atoms in total. The topological polar surface area (TPSA) is 37.3 Å². The SMILES string of the molecule is Cc1cccc(/C=N/Nc2cccc3ncccc23)c1. The largest absolute Gasteiger partial charge is 0.278 e. The van der Waals surface area contributed by atoms with E-state index in [4.69, 9.17) is 0 Å². The summed E-state index contributed by atoms with van der Waals surface area (Å²) in [6.45, 7) is 2.07. The summed E-state index contributed by atoms with van der Waals surface area (Å²) in [7, 11) is 0. The molecule has 2 aromatic carbocycles. The van der Waals surface area contributed by atoms with Gasteiger partial charge in [0.25, 0.3) is 0 Å². The molecule has 0 saturated heterocycles. The highest BCUT2D eigenvalue weighted by Crippen LogP contribution is 2.21. The maximum Gasteiger partial charge on any atom is 0.0723 e. The predicted molar refractivity (Wildman–Crippen MR) is 84.1 cm³/mol. The standard InChI is InChI=1S/C17H15N3/c1-13-5-2-6-14(11-13)12-19-20-17-9-3-8-16-15(17)7-4-10-18-16/h2-12,20H,1H3/b19-12+. The Morgan fingerprint density at radius 1 is 1.05 bits per heavy atom. The number of nitrogens with zero attached hydrogens (tertiary/aromatic N) is 2. The minimum atomic E-state index is 0.958. The molecule has 0 aliphatic heterocycles. The first kappa shape index (κ1) is 12.4. The number of fused-ring (bicyclic) bond motifs is 1. The quantitative estimate of drug-likeness (QED) is 0.571. The van der Waals surface area contributed by atoms with Crippen LogP contribution in [0.5, 0.6) is 0 Å². The predicted octanol–water partition coefficient (Wildman–Crippen LogP) is 3.99. The van der Waals surface area contributed by atoms with Crippen LogP contribution in [-0.2, 0) is 0 Å². The van der Waals surface area contributed by atoms with E-state index in [-0.39, 0.29) is 0 Å². The van der Waals surface area contributed by atoms with Crippen molar-refractivity contribution in [3.05, 3.63) is 71.9 Å². The van der Waals surface area contributed by atoms with Crippen LogP contribution in [0.2, 0.25) is 0 Å². The van der Waals surface area contributed by atoms with Crippen LogP contribution in [0.4, 0.5) is 5.69 Å². The fraction of sp³-hybridized carbons (Fsp3) is 0.0588. The van der Waals surface area contributed by atoms with Gasteiger partial charge in [0.05, 0.1) is 17.4 Å². The zero-order chi connectivity index (χ0) is 13.8. The molecule has 3 rings (SSSR count). The minimum Gasteiger partial charge on any atom is -0.278 e. The first-order chi connectivity index (χ1) is 9.83. The number of hydrazone groups is 1. The highest BCUT2D eigenvalue weighted by Gasteiger charge is 1.98. The van der Waals surface area contributed by atoms with Gasteiger partial charge in [-0.1, -0.05) is 35.9 Å². The van der Waals surface area contributed by atoms with Gasteiger partial charge < -0.3 is 0 Å². The summed E-state index contributed by atoms with van der Waals surface area (Å²) in [6.07, 6.45) is 3.62. The monoisotopic (exact) mass is 261 g/mol. The number of hydrogen-bond donors (Lipinski definition) is 1. The molecule has 20 heavy (non-hydrogen) atoms. The van der Waals surface area contributed by atoms with E-state index in [1.54, 1.807) is 6.20 Å². The van der Waals surface area contributed by atoms with Crippen LogP contribution in [0.1, 0.15) is 11.1 Å². The number of aromatic nitrogens is 1. The van der Waals surface area contributed by atoms with E-state index in [2.05, 4.69) is 34.6 Å². The summed E-state index contributed by atoms with van der Waals surface area (Å²) in [5, 5.41) is 5.37. The van der Waals surface area contributed by atoms with Gasteiger partial charge >= 0.3 is 0 Å². The second kappa shape index (κ2) is 5.53. The zero-order valence-electron chi connectivity index (χ0n) is 11.2. The van der Waals surface area contributed by atoms with Gasteiger partial charge in [0.1, 0.15) is 0 Å². The molecule has 98 valence electrons. The summed E-state index contributed by atoms with van der Waals surface area (Å²) in [5.74, 6) is 0. The third-order valence-electron chi connectivity index (χ3n) is 3.09. The van der Waals surface area contributed by atoms with Gasteiger partial charge in [0.2, 0.25) is 0 Å². The van der Waals surface area contributed by atoms with Crippen molar-refractivity contribution >= 4 is 22.8 Å². The average molecular weight is 261 g/mol. The number of pyridine rings is 1. The Morgan fingerprint density at radius 3 is 2.85 bits per heavy atom. The van der Waals surface area contributed by atoms with Crippen LogP contribution in [0.15, 0.2) is 65.9 Å². The van der Waals surface area contributed by atoms with E-state index >= 15 is 0 Å². The third-order valence-corrected chi connectivity index (χ3v) is 3.09. The summed E-state index contributed by atoms with van der Waals surface area (Å²) < 4.78 is 0. The van der Waals surface area contributed by atoms with Crippen LogP contribution >= 0.6 is 0 Å². The molecule has 0 aliphatic carbocycles. The van der Waals surface area contributed by atoms with Crippen molar-refractivity contribution < 1.29 is 0 Å². The van der Waals surface area contributed by atoms with Crippen molar-refractivity contribution in [1.29, 1.82) is 0 Å². The van der Waals surface area contributed by atoms with Gasteiger partial charge in [-0.2, -0.15) is 5.10 Å². The number of benzene rings is 2. The molecule has 0 radical (unpaired) electrons. The van der Waals surface area contributed by atoms with E-state index < -0.39 is 0 Å². The lowest BCUT2D eigenvalue weighted by Gasteiger charge is -2.04. The Labute approximate surface area is 118 Å². The van der Waals surface area contributed by atoms with Crippen molar-refractivity contribution in [2.45, 2.75) is 6.92 Å². The number of nitrogens with one attached hydrogen (secondary N) is 1. The van der Waals surface area contributed by atoms with Gasteiger partial charge in [-0.3, -0.25) is 10.4 Å². The summed E-state index contributed by atoms with van der Waals surface area (Å²) in [6, 6.07) is 18.1. The fourth-order valence-corrected chi connectivity index (χ4v) is 2.13. The van der Waals surface area contributed by atoms with E-state index in [0.717, 1.165) is 22.2 Å². The van der Waals surface area contributed by atoms with E-state index in [0.29, 0.717) is 0 Å². The van der Waals surface area contributed by atoms with Crippen LogP contribution in [0.3, 0.4) is 0 Å². The molecule has 0 unspecified atom stereocenters. The molecular weight excluding hydrogens is 246 g/mol. The molecule has 0 atom stereocenters. The lowest BCUT2D eigenvalue weighted by molar-refractivity contribution is 1.35. The minimum absolute atomic E-state index is 0.958. The Bertz CT molecular complexity index is 758. The summed E-state index contributed by atoms with van der Waals surface area (Å²) >= 11 is 0. The maximum absolute atomic E-state index is 4.33. The van der Waals surface area contributed by atoms with Crippen molar-refractivity contribution in [3.8, 4) is 0 Å². The molecule has 3 heteroatoms. The number of rotatable bonds is 3. The molecule has 0 aliphatic rings. The Morgan fingerprint density at radius 2 is 1.95 bits per heavy atom. The van der Waals surface area contributed by atoms with Crippen molar-refractivity contribution in [2.75, 3.05) is 5.43 Å². The van der Waals surface area contributed by atoms with E-state index in [1.807, 2.05) is 48.7 Å². The first-order valence-corrected chi connectivity index (χ1v) is 6.52. The Balaban J connectivity index is 1.84. The normalized spacial score (nSPS) is 11.1. The number of hydrogen-bond acceptors (Lipinski definition) is 3. The highest BCUT2D eigenvalue weighted by atomic mass is 15.3. The number of aryl methyl sites for hydroxylation is 1. The molecule has 0 spiro atoms. The first-order valence-electron chi connectivity index (χ1n) is 6.52. The lowest BCUT2D eigenvalue weighted by atomic mass is 10.2. The lowest BCUT2D eigenvalue weighted by Crippen LogP contribution is -1.92. The highest BCUT2D eigenvalue weighted by molar-refractivity contribution is 5.91. The van der Waals surface area contributed by atoms with Crippen molar-refractivity contribution in [1.82, 2.24) is 4.98 Å². The molecule has 1 aromatic heterocycles. The molecule has 3 aromatic rings. The Kier molecular flexibility index (Phi) is 3.42. The zero-order valence-corrected chi connectivity index (χ0v) is 11.2. The fourth-order valence-electron chi connectivity index (χ4n) is 2.13. The van der Waals surface area contributed by atoms with Crippen LogP contribution in [-0.4, -0.2) is 11.2 Å². The second-order valence-electron chi connectivity index (χ2n) is 4.66. The van der Waals surface area contributed by atoms with Gasteiger partial charge in [0, 0.05) is 11.6 Å². The van der Waals surface area contributed by atoms with Gasteiger partial charge in [-0.05, 0) is 36.8 Å². The Hall–Kier alpha value is -2.68. The average Bonchev–Trinajstić information content (AvgIpc) is 2.48. The summed E-state index contributed by atoms with van der Waals surface area (Å²) in [5.41, 5.74) is 7.31. The second-order valence-corrected chi connectivity index (χ2v) is 4.66. The van der Waals surface area contributed by atoms with E-state index in [9.17, 15) is 0 Å². The molecule has 1 N–H and O–H groups in total. The van der Waals surface area contributed by atoms with Crippen LogP contribution < -0.4 is 5.43 Å². The van der Waals surface area contributed by atoms with Crippen molar-refractivity contribution in [2.24, 2.45) is 5.10 Å².